The van der Waals surface area contributed by atoms with Crippen molar-refractivity contribution in [1.82, 2.24) is 74.8 Å². The Hall–Kier alpha value is -12.0. The molecule has 0 amide bonds. The lowest BCUT2D eigenvalue weighted by Crippen LogP contribution is -2.04. The normalized spacial score (nSPS) is 12.7. The summed E-state index contributed by atoms with van der Waals surface area (Å²) in [6, 6.07) is 28.5. The van der Waals surface area contributed by atoms with Crippen LogP contribution in [0.5, 0.6) is 34.5 Å². The number of aryl methyl sites for hydroxylation is 1. The van der Waals surface area contributed by atoms with E-state index in [9.17, 15) is 0 Å². The molecule has 5 aliphatic heterocycles. The van der Waals surface area contributed by atoms with E-state index in [0.717, 1.165) is 251 Å². The van der Waals surface area contributed by atoms with E-state index in [1.165, 1.54) is 33.4 Å². The van der Waals surface area contributed by atoms with Crippen LogP contribution in [0.4, 0.5) is 22.7 Å². The summed E-state index contributed by atoms with van der Waals surface area (Å²) >= 11 is 8.19. The number of methoxy groups -OCH3 is 5. The highest BCUT2D eigenvalue weighted by Gasteiger charge is 2.22. The lowest BCUT2D eigenvalue weighted by Gasteiger charge is -2.11. The molecule has 0 bridgehead atoms. The second-order valence-electron chi connectivity index (χ2n) is 29.8. The van der Waals surface area contributed by atoms with Crippen LogP contribution in [0, 0.1) is 34.6 Å². The van der Waals surface area contributed by atoms with Gasteiger partial charge in [-0.15, -0.1) is 0 Å². The van der Waals surface area contributed by atoms with E-state index in [1.807, 2.05) is 93.6 Å². The predicted molar refractivity (Wildman–Crippen MR) is 507 cm³/mol. The van der Waals surface area contributed by atoms with Gasteiger partial charge in [-0.2, -0.15) is 0 Å². The van der Waals surface area contributed by atoms with Crippen molar-refractivity contribution in [3.05, 3.63) is 206 Å². The highest BCUT2D eigenvalue weighted by molar-refractivity contribution is 7.99. The molecule has 646 valence electrons. The second-order valence-corrected chi connectivity index (χ2v) is 34.6. The number of pyridine rings is 5. The Bertz CT molecular complexity index is 6460. The van der Waals surface area contributed by atoms with Crippen molar-refractivity contribution in [2.24, 2.45) is 25.0 Å². The minimum absolute atomic E-state index is 0.637. The summed E-state index contributed by atoms with van der Waals surface area (Å²) in [6.07, 6.45) is 24.0. The van der Waals surface area contributed by atoms with Gasteiger partial charge in [0.1, 0.15) is 23.0 Å². The molecule has 0 aliphatic carbocycles. The molecule has 5 N–H and O–H groups in total. The maximum atomic E-state index is 5.86. The van der Waals surface area contributed by atoms with Gasteiger partial charge in [0.25, 0.3) is 0 Å². The minimum Gasteiger partial charge on any atom is -0.496 e. The topological polar surface area (TPSA) is 343 Å². The third kappa shape index (κ3) is 20.9. The molecule has 15 heterocycles. The van der Waals surface area contributed by atoms with E-state index in [-0.39, 0.29) is 0 Å². The molecular formula is C93H96N20O8S5. The Balaban J connectivity index is 0.000000116. The average Bonchev–Trinajstić information content (AvgIpc) is 1.66. The summed E-state index contributed by atoms with van der Waals surface area (Å²) in [5.74, 6) is 8.55. The van der Waals surface area contributed by atoms with Gasteiger partial charge in [0.2, 0.25) is 0 Å². The van der Waals surface area contributed by atoms with Gasteiger partial charge < -0.3 is 62.8 Å². The maximum Gasteiger partial charge on any atom is 0.183 e. The number of imidazole rings is 5. The van der Waals surface area contributed by atoms with Crippen LogP contribution in [0.2, 0.25) is 0 Å². The number of aliphatic imine (C=N–C) groups is 5. The first kappa shape index (κ1) is 87.5. The first-order valence-electron chi connectivity index (χ1n) is 41.3. The van der Waals surface area contributed by atoms with E-state index in [2.05, 4.69) is 159 Å². The third-order valence-corrected chi connectivity index (χ3v) is 25.9. The van der Waals surface area contributed by atoms with Crippen molar-refractivity contribution in [2.45, 2.75) is 141 Å². The summed E-state index contributed by atoms with van der Waals surface area (Å²) in [5.41, 5.74) is 31.9. The highest BCUT2D eigenvalue weighted by Crippen LogP contribution is 2.40. The molecule has 0 atom stereocenters. The summed E-state index contributed by atoms with van der Waals surface area (Å²) < 4.78 is 43.7. The van der Waals surface area contributed by atoms with Gasteiger partial charge in [0.15, 0.2) is 37.3 Å². The lowest BCUT2D eigenvalue weighted by atomic mass is 10.1. The number of hydrogen-bond acceptors (Lipinski definition) is 28. The van der Waals surface area contributed by atoms with Crippen molar-refractivity contribution in [3.8, 4) is 34.5 Å². The number of nitrogens with zero attached hydrogens (tertiary/aromatic N) is 15. The van der Waals surface area contributed by atoms with Gasteiger partial charge >= 0.3 is 0 Å². The number of aromatic amines is 5. The summed E-state index contributed by atoms with van der Waals surface area (Å²) in [5, 5.41) is 4.45. The zero-order valence-corrected chi connectivity index (χ0v) is 76.0. The standard InChI is InChI=1S/2C20H22N4O2S.2C18H18N4OS.C17H16N4O2S/c1-13-18(22-7-5-19(13)26-9-3-8-25-2)12-27-20-23-16-10-14-4-6-21-15(14)11-17(16)24-20;1-13-18(22-5-4-19(13)26-7-3-6-25-2)12-27-20-23-16-8-14-10-21-11-15(14)9-17(16)24-20;1-10-8-20-16(11(2)17(10)23-3)9-24-18-21-14-6-12-4-5-19-13(12)7-15(14)22-18;1-3-23-17-5-7-20-16(11(17)2)10-24-18-21-14-8-12-4-6-19-13(12)9-15(14)22-18;1-22-15-4-6-19-14(16(15)23-2)9-24-17-20-12-7-10-3-5-18-11(10)8-13(12)21-17/h5-7,10-11H,3-4,8-9,12H2,1-2H3,(H,23,24);4-5,8-10H,3,6-7,11-12H2,1-2H3,(H,23,24);5-8H,4,9H2,1-3H3,(H,21,22);5-9H,3-4,10H2,1-2H3,(H,21,22);4-8H,3,9H2,1-2H3,(H,20,21). The van der Waals surface area contributed by atoms with Gasteiger partial charge in [-0.05, 0) is 154 Å². The fraction of sp³-hybridized carbons (Fsp3) is 0.301. The smallest absolute Gasteiger partial charge is 0.183 e. The van der Waals surface area contributed by atoms with Crippen LogP contribution >= 0.6 is 58.8 Å². The zero-order valence-electron chi connectivity index (χ0n) is 71.9. The fourth-order valence-electron chi connectivity index (χ4n) is 14.7. The number of nitrogens with one attached hydrogen (secondary N) is 5. The van der Waals surface area contributed by atoms with Gasteiger partial charge in [-0.25, -0.2) is 24.9 Å². The van der Waals surface area contributed by atoms with Crippen LogP contribution in [0.15, 0.2) is 167 Å². The number of aromatic nitrogens is 15. The molecule has 0 fully saturated rings. The molecule has 0 unspecified atom stereocenters. The van der Waals surface area contributed by atoms with Crippen LogP contribution in [-0.2, 0) is 70.5 Å². The van der Waals surface area contributed by atoms with Crippen molar-refractivity contribution in [2.75, 3.05) is 68.6 Å². The Labute approximate surface area is 750 Å². The van der Waals surface area contributed by atoms with Crippen molar-refractivity contribution >= 4 is 168 Å². The fourth-order valence-corrected chi connectivity index (χ4v) is 19.1. The lowest BCUT2D eigenvalue weighted by molar-refractivity contribution is 0.171. The average molecular weight is 1780 g/mol. The molecule has 20 rings (SSSR count). The molecule has 5 aromatic carbocycles. The number of benzene rings is 5. The van der Waals surface area contributed by atoms with Crippen LogP contribution in [-0.4, -0.2) is 174 Å². The first-order chi connectivity index (χ1) is 61.7. The van der Waals surface area contributed by atoms with E-state index < -0.39 is 0 Å². The number of fused-ring (bicyclic) bond motifs is 10. The predicted octanol–water partition coefficient (Wildman–Crippen LogP) is 20.0. The Morgan fingerprint density at radius 2 is 0.690 bits per heavy atom. The quantitative estimate of drug-likeness (QED) is 0.0206. The first-order valence-corrected chi connectivity index (χ1v) is 46.2. The molecule has 15 aromatic rings. The molecule has 28 nitrogen and oxygen atoms in total. The number of ether oxygens (including phenoxy) is 8. The van der Waals surface area contributed by atoms with Crippen molar-refractivity contribution in [1.29, 1.82) is 0 Å². The van der Waals surface area contributed by atoms with Crippen molar-refractivity contribution in [3.63, 3.8) is 0 Å². The molecule has 0 spiro atoms. The second kappa shape index (κ2) is 41.4. The number of rotatable bonds is 30. The van der Waals surface area contributed by atoms with Gasteiger partial charge in [0, 0.05) is 191 Å². The molecule has 33 heteroatoms. The molecule has 10 aromatic heterocycles. The molecule has 0 saturated heterocycles. The number of thioether (sulfide) groups is 5. The summed E-state index contributed by atoms with van der Waals surface area (Å²) in [6.45, 7) is 16.3. The van der Waals surface area contributed by atoms with Gasteiger partial charge in [0.05, 0.1) is 154 Å². The highest BCUT2D eigenvalue weighted by atomic mass is 32.2. The molecule has 126 heavy (non-hydrogen) atoms. The third-order valence-electron chi connectivity index (χ3n) is 21.4. The SMILES string of the molecule is CCOc1ccnc(CSc2nc3cc4c(cc3[nH]2)CC=N4)c1C.COCCCOc1ccnc(CSc2nc3cc4c(cc3[nH]2)CC=N4)c1C.COCCCOc1ccnc(CSc2nc3cc4c(cc3[nH]2)CN=C4)c1C.COc1c(C)cnc(CSc2nc3cc4c(cc3[nH]2)CC=N4)c1C.COc1ccnc(CSc2nc3cc4c(cc3[nH]2)CC=N4)c1OC. The van der Waals surface area contributed by atoms with Crippen LogP contribution in [0.3, 0.4) is 0 Å². The van der Waals surface area contributed by atoms with Crippen LogP contribution < -0.4 is 28.4 Å². The number of H-pyrrole nitrogens is 5. The Kier molecular flexibility index (Phi) is 28.8. The van der Waals surface area contributed by atoms with E-state index in [1.54, 1.807) is 125 Å². The molecular weight excluding hydrogens is 1690 g/mol. The van der Waals surface area contributed by atoms with Gasteiger partial charge in [-0.3, -0.25) is 49.9 Å². The minimum atomic E-state index is 0.637. The summed E-state index contributed by atoms with van der Waals surface area (Å²) in [7, 11) is 8.35. The molecule has 0 saturated carbocycles. The van der Waals surface area contributed by atoms with Crippen LogP contribution in [0.25, 0.3) is 55.2 Å². The van der Waals surface area contributed by atoms with Crippen molar-refractivity contribution < 1.29 is 37.9 Å². The van der Waals surface area contributed by atoms with E-state index in [4.69, 9.17) is 42.9 Å². The molecule has 5 aliphatic rings. The zero-order chi connectivity index (χ0) is 87.0. The largest absolute Gasteiger partial charge is 0.496 e. The monoisotopic (exact) mass is 1780 g/mol. The molecule has 0 radical (unpaired) electrons. The van der Waals surface area contributed by atoms with Crippen LogP contribution in [0.1, 0.15) is 109 Å². The van der Waals surface area contributed by atoms with Gasteiger partial charge in [-0.1, -0.05) is 58.8 Å². The Morgan fingerprint density at radius 1 is 0.349 bits per heavy atom. The maximum absolute atomic E-state index is 5.86. The van der Waals surface area contributed by atoms with E-state index >= 15 is 0 Å². The summed E-state index contributed by atoms with van der Waals surface area (Å²) in [4.78, 5) is 84.6. The Morgan fingerprint density at radius 3 is 1.06 bits per heavy atom. The number of hydrogen-bond donors (Lipinski definition) is 5. The van der Waals surface area contributed by atoms with E-state index in [0.29, 0.717) is 50.3 Å².